The number of fused-ring (bicyclic) bond motifs is 1. The molecule has 0 amide bonds. The van der Waals surface area contributed by atoms with Crippen LogP contribution in [0.1, 0.15) is 40.1 Å². The van der Waals surface area contributed by atoms with Gasteiger partial charge in [-0.15, -0.1) is 0 Å². The molecule has 0 saturated carbocycles. The van der Waals surface area contributed by atoms with Gasteiger partial charge in [0.25, 0.3) is 0 Å². The first-order valence-electron chi connectivity index (χ1n) is 8.67. The van der Waals surface area contributed by atoms with Crippen molar-refractivity contribution >= 4 is 16.9 Å². The van der Waals surface area contributed by atoms with Gasteiger partial charge in [-0.3, -0.25) is 0 Å². The smallest absolute Gasteiger partial charge is 0.340 e. The number of benzene rings is 2. The van der Waals surface area contributed by atoms with Gasteiger partial charge in [0.1, 0.15) is 29.9 Å². The molecule has 4 nitrogen and oxygen atoms in total. The summed E-state index contributed by atoms with van der Waals surface area (Å²) in [7, 11) is 1.33. The summed E-state index contributed by atoms with van der Waals surface area (Å²) in [6.45, 7) is 4.04. The normalized spacial score (nSPS) is 12.2. The predicted molar refractivity (Wildman–Crippen MR) is 98.2 cm³/mol. The average molecular weight is 371 g/mol. The highest BCUT2D eigenvalue weighted by atomic mass is 19.1. The van der Waals surface area contributed by atoms with Gasteiger partial charge in [0, 0.05) is 17.0 Å². The third-order valence-corrected chi connectivity index (χ3v) is 4.73. The maximum Gasteiger partial charge on any atom is 0.340 e. The van der Waals surface area contributed by atoms with E-state index in [1.54, 1.807) is 0 Å². The Hall–Kier alpha value is -2.86. The molecular formula is C21H21F2N2O2+. The number of pyridine rings is 1. The fourth-order valence-corrected chi connectivity index (χ4v) is 3.25. The number of hydrogen-bond acceptors (Lipinski definition) is 3. The predicted octanol–water partition coefficient (Wildman–Crippen LogP) is 3.43. The van der Waals surface area contributed by atoms with Crippen LogP contribution in [0, 0.1) is 18.6 Å². The zero-order valence-electron chi connectivity index (χ0n) is 15.4. The Balaban J connectivity index is 1.94. The van der Waals surface area contributed by atoms with Crippen molar-refractivity contribution in [2.75, 3.05) is 7.11 Å². The van der Waals surface area contributed by atoms with Crippen molar-refractivity contribution in [3.63, 3.8) is 0 Å². The number of carbonyl (C=O) groups excluding carboxylic acids is 1. The minimum atomic E-state index is -0.608. The molecule has 0 aliphatic heterocycles. The highest BCUT2D eigenvalue weighted by Gasteiger charge is 2.22. The van der Waals surface area contributed by atoms with Gasteiger partial charge in [-0.25, -0.2) is 18.6 Å². The summed E-state index contributed by atoms with van der Waals surface area (Å²) < 4.78 is 32.1. The van der Waals surface area contributed by atoms with Gasteiger partial charge < -0.3 is 10.1 Å². The van der Waals surface area contributed by atoms with E-state index >= 15 is 0 Å². The number of nitrogens with two attached hydrogens (primary N) is 1. The first kappa shape index (κ1) is 18.9. The second-order valence-electron chi connectivity index (χ2n) is 6.46. The minimum absolute atomic E-state index is 0.273. The number of halogens is 2. The molecule has 2 N–H and O–H groups in total. The fourth-order valence-electron chi connectivity index (χ4n) is 3.25. The van der Waals surface area contributed by atoms with Crippen molar-refractivity contribution in [1.29, 1.82) is 0 Å². The molecule has 3 rings (SSSR count). The fraction of sp³-hybridized carbons (Fsp3) is 0.238. The van der Waals surface area contributed by atoms with Crippen molar-refractivity contribution in [3.05, 3.63) is 76.5 Å². The molecule has 0 saturated heterocycles. The monoisotopic (exact) mass is 371 g/mol. The summed E-state index contributed by atoms with van der Waals surface area (Å²) >= 11 is 0. The van der Waals surface area contributed by atoms with Crippen LogP contribution in [0.2, 0.25) is 0 Å². The van der Waals surface area contributed by atoms with Gasteiger partial charge in [-0.1, -0.05) is 18.2 Å². The molecule has 140 valence electrons. The van der Waals surface area contributed by atoms with Crippen molar-refractivity contribution in [3.8, 4) is 0 Å². The molecule has 6 heteroatoms. The number of ether oxygens (including phenoxy) is 1. The zero-order valence-corrected chi connectivity index (χ0v) is 15.4. The number of methoxy groups -OCH3 is 1. The summed E-state index contributed by atoms with van der Waals surface area (Å²) in [4.78, 5) is 16.9. The highest BCUT2D eigenvalue weighted by molar-refractivity contribution is 5.98. The molecular weight excluding hydrogens is 350 g/mol. The van der Waals surface area contributed by atoms with Crippen molar-refractivity contribution in [2.24, 2.45) is 0 Å². The van der Waals surface area contributed by atoms with Gasteiger partial charge in [0.15, 0.2) is 0 Å². The Morgan fingerprint density at radius 1 is 1.22 bits per heavy atom. The summed E-state index contributed by atoms with van der Waals surface area (Å²) in [5.41, 5.74) is 2.99. The zero-order chi connectivity index (χ0) is 19.6. The Morgan fingerprint density at radius 2 is 1.96 bits per heavy atom. The summed E-state index contributed by atoms with van der Waals surface area (Å²) in [6.07, 6.45) is 0. The van der Waals surface area contributed by atoms with E-state index in [2.05, 4.69) is 4.98 Å². The van der Waals surface area contributed by atoms with Crippen molar-refractivity contribution in [1.82, 2.24) is 4.98 Å². The first-order chi connectivity index (χ1) is 12.9. The number of aromatic nitrogens is 1. The van der Waals surface area contributed by atoms with Crippen LogP contribution in [0.3, 0.4) is 0 Å². The van der Waals surface area contributed by atoms with E-state index in [9.17, 15) is 13.6 Å². The van der Waals surface area contributed by atoms with Crippen LogP contribution in [0.5, 0.6) is 0 Å². The van der Waals surface area contributed by atoms with E-state index in [4.69, 9.17) is 4.74 Å². The molecule has 1 aromatic heterocycles. The molecule has 2 aromatic carbocycles. The Bertz CT molecular complexity index is 1000. The van der Waals surface area contributed by atoms with Crippen LogP contribution in [0.15, 0.2) is 42.5 Å². The van der Waals surface area contributed by atoms with E-state index < -0.39 is 17.6 Å². The lowest BCUT2D eigenvalue weighted by molar-refractivity contribution is -0.708. The molecule has 27 heavy (non-hydrogen) atoms. The van der Waals surface area contributed by atoms with Crippen LogP contribution in [0.4, 0.5) is 8.78 Å². The standard InChI is InChI=1S/C21H20F2N2O2/c1-12-15-6-4-5-7-18(15)25-19(20(12)21(26)27-3)11-24-13(2)16-9-8-14(22)10-17(16)23/h4-10,13,24H,11H2,1-3H3/p+1/t13-/m1/s1. The van der Waals surface area contributed by atoms with Crippen molar-refractivity contribution < 1.29 is 23.6 Å². The van der Waals surface area contributed by atoms with Gasteiger partial charge in [-0.05, 0) is 37.6 Å². The van der Waals surface area contributed by atoms with E-state index in [0.29, 0.717) is 23.4 Å². The number of esters is 1. The summed E-state index contributed by atoms with van der Waals surface area (Å²) in [6, 6.07) is 10.8. The number of nitrogens with zero attached hydrogens (tertiary/aromatic N) is 1. The first-order valence-corrected chi connectivity index (χ1v) is 8.67. The largest absolute Gasteiger partial charge is 0.465 e. The Kier molecular flexibility index (Phi) is 5.46. The van der Waals surface area contributed by atoms with Gasteiger partial charge in [-0.2, -0.15) is 0 Å². The van der Waals surface area contributed by atoms with Gasteiger partial charge in [0.2, 0.25) is 0 Å². The van der Waals surface area contributed by atoms with E-state index in [1.807, 2.05) is 43.4 Å². The number of para-hydroxylation sites is 1. The molecule has 0 aliphatic carbocycles. The van der Waals surface area contributed by atoms with E-state index in [1.165, 1.54) is 19.2 Å². The lowest BCUT2D eigenvalue weighted by Crippen LogP contribution is -2.83. The molecule has 0 aliphatic rings. The second kappa shape index (κ2) is 7.80. The maximum absolute atomic E-state index is 14.0. The number of carbonyl (C=O) groups is 1. The molecule has 3 aromatic rings. The third-order valence-electron chi connectivity index (χ3n) is 4.73. The van der Waals surface area contributed by atoms with Gasteiger partial charge in [0.05, 0.1) is 18.2 Å². The highest BCUT2D eigenvalue weighted by Crippen LogP contribution is 2.23. The molecule has 0 unspecified atom stereocenters. The number of rotatable bonds is 5. The van der Waals surface area contributed by atoms with E-state index in [-0.39, 0.29) is 6.04 Å². The lowest BCUT2D eigenvalue weighted by Gasteiger charge is -2.15. The second-order valence-corrected chi connectivity index (χ2v) is 6.46. The third kappa shape index (κ3) is 3.80. The topological polar surface area (TPSA) is 55.8 Å². The average Bonchev–Trinajstić information content (AvgIpc) is 2.65. The number of hydrogen-bond donors (Lipinski definition) is 1. The number of aryl methyl sites for hydroxylation is 1. The Labute approximate surface area is 156 Å². The van der Waals surface area contributed by atoms with Crippen LogP contribution in [-0.2, 0) is 11.3 Å². The Morgan fingerprint density at radius 3 is 2.67 bits per heavy atom. The molecule has 0 bridgehead atoms. The molecule has 0 radical (unpaired) electrons. The van der Waals surface area contributed by atoms with Crippen molar-refractivity contribution in [2.45, 2.75) is 26.4 Å². The summed E-state index contributed by atoms with van der Waals surface area (Å²) in [5.74, 6) is -1.65. The maximum atomic E-state index is 14.0. The molecule has 0 spiro atoms. The van der Waals surface area contributed by atoms with E-state index in [0.717, 1.165) is 22.5 Å². The van der Waals surface area contributed by atoms with Crippen LogP contribution in [0.25, 0.3) is 10.9 Å². The number of quaternary nitrogens is 1. The molecule has 1 heterocycles. The minimum Gasteiger partial charge on any atom is -0.465 e. The van der Waals surface area contributed by atoms with Crippen LogP contribution < -0.4 is 5.32 Å². The molecule has 1 atom stereocenters. The van der Waals surface area contributed by atoms with Gasteiger partial charge >= 0.3 is 5.97 Å². The van der Waals surface area contributed by atoms with Crippen LogP contribution >= 0.6 is 0 Å². The molecule has 0 fully saturated rings. The quantitative estimate of drug-likeness (QED) is 0.699. The SMILES string of the molecule is COC(=O)c1c(C[NH2+][C@H](C)c2ccc(F)cc2F)nc2ccccc2c1C. The lowest BCUT2D eigenvalue weighted by atomic mass is 10.0. The van der Waals surface area contributed by atoms with Crippen LogP contribution in [-0.4, -0.2) is 18.1 Å². The summed E-state index contributed by atoms with van der Waals surface area (Å²) in [5, 5.41) is 2.75.